The second-order valence-electron chi connectivity index (χ2n) is 3.37. The molecule has 1 atom stereocenters. The quantitative estimate of drug-likeness (QED) is 0.657. The lowest BCUT2D eigenvalue weighted by Crippen LogP contribution is -2.47. The van der Waals surface area contributed by atoms with Crippen LogP contribution in [0.3, 0.4) is 0 Å². The molecule has 0 aliphatic heterocycles. The molecule has 1 aromatic carbocycles. The summed E-state index contributed by atoms with van der Waals surface area (Å²) in [4.78, 5) is 10.8. The zero-order valence-electron chi connectivity index (χ0n) is 7.03. The Bertz CT molecular complexity index is 335. The summed E-state index contributed by atoms with van der Waals surface area (Å²) in [6, 6.07) is 7.56. The van der Waals surface area contributed by atoms with Crippen LogP contribution in [-0.2, 0) is 11.2 Å². The molecule has 0 amide bonds. The summed E-state index contributed by atoms with van der Waals surface area (Å²) in [5, 5.41) is 8.89. The Kier molecular flexibility index (Phi) is 1.63. The Morgan fingerprint density at radius 2 is 2.15 bits per heavy atom. The minimum absolute atomic E-state index is 0.387. The van der Waals surface area contributed by atoms with E-state index in [0.29, 0.717) is 6.42 Å². The number of hydrogen-bond acceptors (Lipinski definition) is 2. The van der Waals surface area contributed by atoms with E-state index in [1.54, 1.807) is 6.42 Å². The number of nitrogens with two attached hydrogens (primary N) is 1. The highest BCUT2D eigenvalue weighted by atomic mass is 16.4. The molecule has 0 saturated carbocycles. The van der Waals surface area contributed by atoms with Gasteiger partial charge in [0.05, 0.1) is 0 Å². The normalized spacial score (nSPS) is 18.2. The largest absolute Gasteiger partial charge is 0.480 e. The smallest absolute Gasteiger partial charge is 0.324 e. The SMILES string of the molecule is NC1(C(=O)O)[CH]c2ccccc2C1. The Morgan fingerprint density at radius 3 is 2.77 bits per heavy atom. The maximum atomic E-state index is 10.8. The van der Waals surface area contributed by atoms with E-state index in [1.165, 1.54) is 0 Å². The van der Waals surface area contributed by atoms with Crippen LogP contribution in [-0.4, -0.2) is 16.6 Å². The van der Waals surface area contributed by atoms with Crippen molar-refractivity contribution >= 4 is 5.97 Å². The molecule has 13 heavy (non-hydrogen) atoms. The first-order valence-corrected chi connectivity index (χ1v) is 4.08. The molecule has 67 valence electrons. The van der Waals surface area contributed by atoms with Crippen molar-refractivity contribution in [2.45, 2.75) is 12.0 Å². The number of carboxylic acids is 1. The topological polar surface area (TPSA) is 63.3 Å². The predicted octanol–water partition coefficient (Wildman–Crippen LogP) is 0.577. The van der Waals surface area contributed by atoms with Crippen molar-refractivity contribution in [3.63, 3.8) is 0 Å². The van der Waals surface area contributed by atoms with Crippen LogP contribution in [0.2, 0.25) is 0 Å². The van der Waals surface area contributed by atoms with Gasteiger partial charge in [-0.2, -0.15) is 0 Å². The Labute approximate surface area is 76.2 Å². The fourth-order valence-corrected chi connectivity index (χ4v) is 1.62. The number of carboxylic acid groups (broad SMARTS) is 1. The van der Waals surface area contributed by atoms with Gasteiger partial charge < -0.3 is 10.8 Å². The highest BCUT2D eigenvalue weighted by Crippen LogP contribution is 2.29. The molecule has 3 nitrogen and oxygen atoms in total. The van der Waals surface area contributed by atoms with Crippen LogP contribution in [0, 0.1) is 6.42 Å². The Morgan fingerprint density at radius 1 is 1.46 bits per heavy atom. The van der Waals surface area contributed by atoms with Gasteiger partial charge in [-0.15, -0.1) is 0 Å². The summed E-state index contributed by atoms with van der Waals surface area (Å²) in [6.45, 7) is 0. The van der Waals surface area contributed by atoms with Gasteiger partial charge in [0.2, 0.25) is 0 Å². The number of aliphatic carboxylic acids is 1. The third kappa shape index (κ3) is 1.21. The van der Waals surface area contributed by atoms with Crippen LogP contribution in [0.25, 0.3) is 0 Å². The molecule has 1 radical (unpaired) electrons. The van der Waals surface area contributed by atoms with E-state index in [4.69, 9.17) is 10.8 Å². The molecule has 2 rings (SSSR count). The van der Waals surface area contributed by atoms with Gasteiger partial charge in [-0.1, -0.05) is 24.3 Å². The summed E-state index contributed by atoms with van der Waals surface area (Å²) in [5.41, 5.74) is 6.44. The number of carbonyl (C=O) groups is 1. The van der Waals surface area contributed by atoms with Crippen molar-refractivity contribution in [2.24, 2.45) is 5.73 Å². The first kappa shape index (κ1) is 8.26. The van der Waals surface area contributed by atoms with Crippen LogP contribution < -0.4 is 5.73 Å². The van der Waals surface area contributed by atoms with E-state index in [0.717, 1.165) is 11.1 Å². The predicted molar refractivity (Wildman–Crippen MR) is 48.1 cm³/mol. The standard InChI is InChI=1S/C10H10NO2/c11-10(9(12)13)5-7-3-1-2-4-8(7)6-10/h1-5H,6,11H2,(H,12,13). The molecule has 3 heteroatoms. The number of hydrogen-bond donors (Lipinski definition) is 2. The van der Waals surface area contributed by atoms with Crippen molar-refractivity contribution < 1.29 is 9.90 Å². The molecule has 3 N–H and O–H groups in total. The van der Waals surface area contributed by atoms with Gasteiger partial charge in [-0.05, 0) is 11.1 Å². The Hall–Kier alpha value is -1.35. The molecule has 0 aromatic heterocycles. The van der Waals surface area contributed by atoms with E-state index >= 15 is 0 Å². The van der Waals surface area contributed by atoms with Crippen molar-refractivity contribution in [3.05, 3.63) is 41.8 Å². The van der Waals surface area contributed by atoms with E-state index in [2.05, 4.69) is 0 Å². The van der Waals surface area contributed by atoms with Crippen LogP contribution in [0.4, 0.5) is 0 Å². The molecule has 1 aliphatic rings. The molecular weight excluding hydrogens is 166 g/mol. The second-order valence-corrected chi connectivity index (χ2v) is 3.37. The fourth-order valence-electron chi connectivity index (χ4n) is 1.62. The van der Waals surface area contributed by atoms with Crippen LogP contribution in [0.5, 0.6) is 0 Å². The number of benzene rings is 1. The molecule has 1 aromatic rings. The van der Waals surface area contributed by atoms with Crippen LogP contribution in [0.1, 0.15) is 11.1 Å². The first-order valence-electron chi connectivity index (χ1n) is 4.08. The highest BCUT2D eigenvalue weighted by Gasteiger charge is 2.40. The molecule has 0 heterocycles. The van der Waals surface area contributed by atoms with E-state index in [1.807, 2.05) is 24.3 Å². The maximum Gasteiger partial charge on any atom is 0.324 e. The molecule has 0 bridgehead atoms. The maximum absolute atomic E-state index is 10.8. The summed E-state index contributed by atoms with van der Waals surface area (Å²) < 4.78 is 0. The molecule has 0 spiro atoms. The summed E-state index contributed by atoms with van der Waals surface area (Å²) in [7, 11) is 0. The van der Waals surface area contributed by atoms with Crippen LogP contribution >= 0.6 is 0 Å². The van der Waals surface area contributed by atoms with E-state index < -0.39 is 11.5 Å². The lowest BCUT2D eigenvalue weighted by molar-refractivity contribution is -0.141. The summed E-state index contributed by atoms with van der Waals surface area (Å²) in [6.07, 6.45) is 2.00. The van der Waals surface area contributed by atoms with Crippen molar-refractivity contribution in [1.82, 2.24) is 0 Å². The van der Waals surface area contributed by atoms with Crippen molar-refractivity contribution in [3.8, 4) is 0 Å². The highest BCUT2D eigenvalue weighted by molar-refractivity contribution is 5.84. The van der Waals surface area contributed by atoms with Crippen molar-refractivity contribution in [1.29, 1.82) is 0 Å². The molecule has 0 fully saturated rings. The van der Waals surface area contributed by atoms with Gasteiger partial charge in [0.1, 0.15) is 5.54 Å². The number of rotatable bonds is 1. The molecule has 0 saturated heterocycles. The van der Waals surface area contributed by atoms with E-state index in [-0.39, 0.29) is 0 Å². The monoisotopic (exact) mass is 176 g/mol. The third-order valence-electron chi connectivity index (χ3n) is 2.35. The van der Waals surface area contributed by atoms with Gasteiger partial charge in [0.15, 0.2) is 0 Å². The van der Waals surface area contributed by atoms with Crippen LogP contribution in [0.15, 0.2) is 24.3 Å². The summed E-state index contributed by atoms with van der Waals surface area (Å²) in [5.74, 6) is -0.969. The minimum atomic E-state index is -1.20. The summed E-state index contributed by atoms with van der Waals surface area (Å²) >= 11 is 0. The van der Waals surface area contributed by atoms with Gasteiger partial charge in [-0.3, -0.25) is 4.79 Å². The third-order valence-corrected chi connectivity index (χ3v) is 2.35. The fraction of sp³-hybridized carbons (Fsp3) is 0.200. The average molecular weight is 176 g/mol. The average Bonchev–Trinajstić information content (AvgIpc) is 2.42. The van der Waals surface area contributed by atoms with Gasteiger partial charge >= 0.3 is 5.97 Å². The second kappa shape index (κ2) is 2.57. The Balaban J connectivity index is 2.37. The van der Waals surface area contributed by atoms with Gasteiger partial charge in [0.25, 0.3) is 0 Å². The van der Waals surface area contributed by atoms with Crippen molar-refractivity contribution in [2.75, 3.05) is 0 Å². The van der Waals surface area contributed by atoms with Gasteiger partial charge in [-0.25, -0.2) is 0 Å². The van der Waals surface area contributed by atoms with E-state index in [9.17, 15) is 4.79 Å². The zero-order chi connectivity index (χ0) is 9.47. The zero-order valence-corrected chi connectivity index (χ0v) is 7.03. The number of fused-ring (bicyclic) bond motifs is 1. The molecule has 1 aliphatic carbocycles. The lowest BCUT2D eigenvalue weighted by Gasteiger charge is -2.16. The molecular formula is C10H10NO2. The van der Waals surface area contributed by atoms with Gasteiger partial charge in [0, 0.05) is 12.8 Å². The first-order chi connectivity index (χ1) is 6.12. The molecule has 1 unspecified atom stereocenters. The minimum Gasteiger partial charge on any atom is -0.480 e. The lowest BCUT2D eigenvalue weighted by atomic mass is 9.98.